The van der Waals surface area contributed by atoms with Crippen LogP contribution in [0.4, 0.5) is 0 Å². The summed E-state index contributed by atoms with van der Waals surface area (Å²) in [6.45, 7) is 5.29. The maximum atomic E-state index is 10.9. The van der Waals surface area contributed by atoms with Crippen LogP contribution in [0, 0.1) is 0 Å². The fourth-order valence-electron chi connectivity index (χ4n) is 1.07. The van der Waals surface area contributed by atoms with Crippen molar-refractivity contribution in [3.05, 3.63) is 48.6 Å². The number of carbonyl (C=O) groups is 1. The Hall–Kier alpha value is -1.02. The van der Waals surface area contributed by atoms with Gasteiger partial charge in [0.25, 0.3) is 0 Å². The third-order valence-corrected chi connectivity index (χ3v) is 2.69. The van der Waals surface area contributed by atoms with Crippen LogP contribution in [0.3, 0.4) is 0 Å². The first-order valence-electron chi connectivity index (χ1n) is 4.08. The van der Waals surface area contributed by atoms with Crippen molar-refractivity contribution in [2.24, 2.45) is 0 Å². The number of hydrogen-bond donors (Lipinski definition) is 0. The molecule has 0 saturated carbocycles. The van der Waals surface area contributed by atoms with Gasteiger partial charge in [-0.3, -0.25) is 4.79 Å². The van der Waals surface area contributed by atoms with Gasteiger partial charge in [-0.05, 0) is 5.56 Å². The highest BCUT2D eigenvalue weighted by atomic mass is 32.2. The second-order valence-corrected chi connectivity index (χ2v) is 3.99. The monoisotopic (exact) mass is 192 g/mol. The lowest BCUT2D eigenvalue weighted by atomic mass is 10.1. The lowest BCUT2D eigenvalue weighted by Crippen LogP contribution is -1.92. The maximum Gasteiger partial charge on any atom is 0.186 e. The maximum absolute atomic E-state index is 10.9. The number of hydrogen-bond acceptors (Lipinski definition) is 2. The van der Waals surface area contributed by atoms with Crippen LogP contribution < -0.4 is 0 Å². The predicted molar refractivity (Wildman–Crippen MR) is 57.7 cm³/mol. The summed E-state index contributed by atoms with van der Waals surface area (Å²) >= 11 is 1.30. The van der Waals surface area contributed by atoms with Gasteiger partial charge in [-0.1, -0.05) is 48.2 Å². The van der Waals surface area contributed by atoms with Crippen molar-refractivity contribution in [2.75, 3.05) is 0 Å². The standard InChI is InChI=1S/C11H12OS/c1-3-11(13-9(2)12)10-7-5-4-6-8-10/h3-8,11H,1H2,2H3/t11-/m0/s1. The van der Waals surface area contributed by atoms with Crippen LogP contribution >= 0.6 is 11.8 Å². The smallest absolute Gasteiger partial charge is 0.186 e. The summed E-state index contributed by atoms with van der Waals surface area (Å²) in [7, 11) is 0. The first-order valence-corrected chi connectivity index (χ1v) is 4.96. The molecule has 0 unspecified atom stereocenters. The summed E-state index contributed by atoms with van der Waals surface area (Å²) in [6, 6.07) is 9.89. The van der Waals surface area contributed by atoms with Gasteiger partial charge in [0, 0.05) is 6.92 Å². The van der Waals surface area contributed by atoms with E-state index >= 15 is 0 Å². The third kappa shape index (κ3) is 3.07. The molecule has 68 valence electrons. The van der Waals surface area contributed by atoms with E-state index in [0.717, 1.165) is 5.56 Å². The molecule has 0 bridgehead atoms. The lowest BCUT2D eigenvalue weighted by molar-refractivity contribution is -0.109. The molecule has 0 spiro atoms. The van der Waals surface area contributed by atoms with Gasteiger partial charge in [-0.15, -0.1) is 6.58 Å². The van der Waals surface area contributed by atoms with E-state index < -0.39 is 0 Å². The summed E-state index contributed by atoms with van der Waals surface area (Å²) < 4.78 is 0. The highest BCUT2D eigenvalue weighted by Crippen LogP contribution is 2.29. The average Bonchev–Trinajstić information content (AvgIpc) is 2.15. The van der Waals surface area contributed by atoms with Crippen molar-refractivity contribution in [3.8, 4) is 0 Å². The largest absolute Gasteiger partial charge is 0.288 e. The van der Waals surface area contributed by atoms with Gasteiger partial charge < -0.3 is 0 Å². The molecule has 1 aromatic carbocycles. The van der Waals surface area contributed by atoms with Crippen LogP contribution in [0.15, 0.2) is 43.0 Å². The van der Waals surface area contributed by atoms with E-state index in [9.17, 15) is 4.79 Å². The van der Waals surface area contributed by atoms with Crippen LogP contribution in [-0.4, -0.2) is 5.12 Å². The molecule has 0 radical (unpaired) electrons. The number of rotatable bonds is 3. The normalized spacial score (nSPS) is 12.1. The Morgan fingerprint density at radius 1 is 1.46 bits per heavy atom. The van der Waals surface area contributed by atoms with Crippen molar-refractivity contribution in [2.45, 2.75) is 12.2 Å². The van der Waals surface area contributed by atoms with Crippen LogP contribution in [-0.2, 0) is 4.79 Å². The topological polar surface area (TPSA) is 17.1 Å². The van der Waals surface area contributed by atoms with Gasteiger partial charge in [0.2, 0.25) is 0 Å². The Morgan fingerprint density at radius 3 is 2.54 bits per heavy atom. The first kappa shape index (κ1) is 10.1. The zero-order valence-electron chi connectivity index (χ0n) is 7.57. The number of thioether (sulfide) groups is 1. The Morgan fingerprint density at radius 2 is 2.08 bits per heavy atom. The third-order valence-electron chi connectivity index (χ3n) is 1.64. The molecule has 0 heterocycles. The van der Waals surface area contributed by atoms with Crippen molar-refractivity contribution >= 4 is 16.9 Å². The van der Waals surface area contributed by atoms with E-state index in [2.05, 4.69) is 6.58 Å². The van der Waals surface area contributed by atoms with Gasteiger partial charge in [0.05, 0.1) is 5.25 Å². The number of benzene rings is 1. The molecule has 0 N–H and O–H groups in total. The number of carbonyl (C=O) groups excluding carboxylic acids is 1. The minimum absolute atomic E-state index is 0.0821. The van der Waals surface area contributed by atoms with Crippen molar-refractivity contribution < 1.29 is 4.79 Å². The highest BCUT2D eigenvalue weighted by Gasteiger charge is 2.09. The van der Waals surface area contributed by atoms with Crippen molar-refractivity contribution in [3.63, 3.8) is 0 Å². The SMILES string of the molecule is C=C[C@H](SC(C)=O)c1ccccc1. The predicted octanol–water partition coefficient (Wildman–Crippen LogP) is 3.19. The molecule has 0 amide bonds. The Balaban J connectivity index is 2.78. The van der Waals surface area contributed by atoms with E-state index in [1.54, 1.807) is 13.0 Å². The second kappa shape index (κ2) is 4.87. The highest BCUT2D eigenvalue weighted by molar-refractivity contribution is 8.13. The molecule has 0 aliphatic rings. The fraction of sp³-hybridized carbons (Fsp3) is 0.182. The Labute approximate surface area is 82.9 Å². The van der Waals surface area contributed by atoms with E-state index in [0.29, 0.717) is 0 Å². The minimum Gasteiger partial charge on any atom is -0.288 e. The Kier molecular flexibility index (Phi) is 3.77. The fourth-order valence-corrected chi connectivity index (χ4v) is 1.82. The zero-order valence-corrected chi connectivity index (χ0v) is 8.38. The summed E-state index contributed by atoms with van der Waals surface area (Å²) in [4.78, 5) is 10.9. The van der Waals surface area contributed by atoms with Gasteiger partial charge in [-0.2, -0.15) is 0 Å². The molecular weight excluding hydrogens is 180 g/mol. The van der Waals surface area contributed by atoms with Crippen LogP contribution in [0.1, 0.15) is 17.7 Å². The molecule has 0 aliphatic heterocycles. The van der Waals surface area contributed by atoms with Gasteiger partial charge in [-0.25, -0.2) is 0 Å². The van der Waals surface area contributed by atoms with Gasteiger partial charge in [0.1, 0.15) is 0 Å². The molecule has 1 atom stereocenters. The molecule has 1 rings (SSSR count). The minimum atomic E-state index is 0.0821. The lowest BCUT2D eigenvalue weighted by Gasteiger charge is -2.09. The molecule has 0 aromatic heterocycles. The summed E-state index contributed by atoms with van der Waals surface area (Å²) in [6.07, 6.45) is 1.79. The molecule has 0 saturated heterocycles. The van der Waals surface area contributed by atoms with Crippen LogP contribution in [0.25, 0.3) is 0 Å². The molecule has 0 fully saturated rings. The van der Waals surface area contributed by atoms with E-state index in [1.165, 1.54) is 11.8 Å². The van der Waals surface area contributed by atoms with Gasteiger partial charge in [0.15, 0.2) is 5.12 Å². The second-order valence-electron chi connectivity index (χ2n) is 2.68. The summed E-state index contributed by atoms with van der Waals surface area (Å²) in [5, 5.41) is 0.201. The molecule has 2 heteroatoms. The molecule has 13 heavy (non-hydrogen) atoms. The molecule has 1 aromatic rings. The van der Waals surface area contributed by atoms with Crippen molar-refractivity contribution in [1.29, 1.82) is 0 Å². The summed E-state index contributed by atoms with van der Waals surface area (Å²) in [5.74, 6) is 0. The van der Waals surface area contributed by atoms with E-state index in [4.69, 9.17) is 0 Å². The first-order chi connectivity index (χ1) is 6.24. The van der Waals surface area contributed by atoms with Gasteiger partial charge >= 0.3 is 0 Å². The van der Waals surface area contributed by atoms with E-state index in [1.807, 2.05) is 30.3 Å². The summed E-state index contributed by atoms with van der Waals surface area (Å²) in [5.41, 5.74) is 1.12. The Bertz CT molecular complexity index is 292. The molecule has 0 aliphatic carbocycles. The molecular formula is C11H12OS. The van der Waals surface area contributed by atoms with Crippen LogP contribution in [0.2, 0.25) is 0 Å². The van der Waals surface area contributed by atoms with Crippen LogP contribution in [0.5, 0.6) is 0 Å². The van der Waals surface area contributed by atoms with E-state index in [-0.39, 0.29) is 10.4 Å². The quantitative estimate of drug-likeness (QED) is 0.684. The zero-order chi connectivity index (χ0) is 9.68. The average molecular weight is 192 g/mol. The molecule has 1 nitrogen and oxygen atoms in total. The van der Waals surface area contributed by atoms with Crippen molar-refractivity contribution in [1.82, 2.24) is 0 Å².